The van der Waals surface area contributed by atoms with Crippen LogP contribution in [-0.4, -0.2) is 114 Å². The van der Waals surface area contributed by atoms with Crippen LogP contribution < -0.4 is 17.2 Å². The summed E-state index contributed by atoms with van der Waals surface area (Å²) in [5.41, 5.74) is 16.9. The molecule has 0 aromatic rings. The van der Waals surface area contributed by atoms with Crippen molar-refractivity contribution in [3.8, 4) is 0 Å². The summed E-state index contributed by atoms with van der Waals surface area (Å²) in [7, 11) is -14.6. The molecule has 3 fully saturated rings. The standard InChI is InChI=1S/3C6H13N.3C2H5O6P/c3*7-6-4-2-1-3-5-6;3*3-1(4)2(5)9(6,7)8/h3*6H,1-5,7H2;3*2,5H,(H,3,4)(H2,6,7,8). The summed E-state index contributed by atoms with van der Waals surface area (Å²) >= 11 is 0. The van der Waals surface area contributed by atoms with Crippen molar-refractivity contribution in [1.29, 1.82) is 0 Å². The van der Waals surface area contributed by atoms with Crippen LogP contribution in [0.5, 0.6) is 0 Å². The van der Waals surface area contributed by atoms with Gasteiger partial charge in [0, 0.05) is 18.1 Å². The highest BCUT2D eigenvalue weighted by Gasteiger charge is 2.34. The van der Waals surface area contributed by atoms with Crippen molar-refractivity contribution in [1.82, 2.24) is 0 Å². The van der Waals surface area contributed by atoms with E-state index in [1.54, 1.807) is 0 Å². The van der Waals surface area contributed by atoms with Gasteiger partial charge in [0.2, 0.25) is 0 Å². The second-order valence-electron chi connectivity index (χ2n) is 11.1. The smallest absolute Gasteiger partial charge is 0.365 e. The van der Waals surface area contributed by atoms with Gasteiger partial charge >= 0.3 is 40.7 Å². The van der Waals surface area contributed by atoms with Crippen LogP contribution in [0.2, 0.25) is 0 Å². The molecule has 0 aromatic heterocycles. The number of rotatable bonds is 6. The van der Waals surface area contributed by atoms with Crippen LogP contribution in [0.15, 0.2) is 0 Å². The lowest BCUT2D eigenvalue weighted by Crippen LogP contribution is -2.22. The van der Waals surface area contributed by atoms with Gasteiger partial charge in [-0.15, -0.1) is 0 Å². The van der Waals surface area contributed by atoms with Gasteiger partial charge in [-0.2, -0.15) is 0 Å². The molecular weight excluding hydrogens is 711 g/mol. The maximum Gasteiger partial charge on any atom is 0.365 e. The molecule has 0 saturated heterocycles. The van der Waals surface area contributed by atoms with E-state index in [0.717, 1.165) is 0 Å². The summed E-state index contributed by atoms with van der Waals surface area (Å²) in [4.78, 5) is 76.4. The van der Waals surface area contributed by atoms with E-state index in [2.05, 4.69) is 0 Å². The number of hydrogen-bond acceptors (Lipinski definition) is 12. The number of nitrogens with two attached hydrogens (primary N) is 3. The molecule has 0 bridgehead atoms. The Bertz CT molecular complexity index is 906. The second kappa shape index (κ2) is 26.4. The molecule has 0 amide bonds. The Kier molecular flexibility index (Phi) is 28.1. The molecule has 3 rings (SSSR count). The monoisotopic (exact) mass is 765 g/mol. The molecule has 18 N–H and O–H groups in total. The maximum absolute atomic E-state index is 9.84. The van der Waals surface area contributed by atoms with E-state index in [4.69, 9.17) is 77.2 Å². The predicted octanol–water partition coefficient (Wildman–Crippen LogP) is -0.465. The predicted molar refractivity (Wildman–Crippen MR) is 170 cm³/mol. The van der Waals surface area contributed by atoms with Gasteiger partial charge in [-0.1, -0.05) is 57.8 Å². The van der Waals surface area contributed by atoms with Crippen LogP contribution in [0.3, 0.4) is 0 Å². The average molecular weight is 766 g/mol. The molecule has 288 valence electrons. The topological polar surface area (TPSA) is 423 Å². The lowest BCUT2D eigenvalue weighted by Gasteiger charge is -2.15. The fourth-order valence-corrected chi connectivity index (χ4v) is 4.70. The van der Waals surface area contributed by atoms with Gasteiger partial charge in [-0.3, -0.25) is 13.7 Å². The highest BCUT2D eigenvalue weighted by atomic mass is 31.2. The SMILES string of the molecule is NC1CCCCC1.NC1CCCCC1.NC1CCCCC1.O=C(O)C(O)P(=O)(O)O.O=C(O)C(O)P(=O)(O)O.O=C(O)C(O)P(=O)(O)O. The Morgan fingerprint density at radius 1 is 0.417 bits per heavy atom. The number of carbonyl (C=O) groups is 3. The molecule has 0 heterocycles. The first-order chi connectivity index (χ1) is 21.7. The molecule has 3 atom stereocenters. The fraction of sp³-hybridized carbons (Fsp3) is 0.875. The zero-order chi connectivity index (χ0) is 38.3. The maximum atomic E-state index is 9.84. The van der Waals surface area contributed by atoms with Crippen LogP contribution in [0.25, 0.3) is 0 Å². The lowest BCUT2D eigenvalue weighted by atomic mass is 9.97. The molecule has 48 heavy (non-hydrogen) atoms. The Balaban J connectivity index is -0.000000507. The minimum Gasteiger partial charge on any atom is -0.479 e. The number of carboxylic acid groups (broad SMARTS) is 3. The minimum atomic E-state index is -4.86. The van der Waals surface area contributed by atoms with E-state index in [0.29, 0.717) is 18.1 Å². The van der Waals surface area contributed by atoms with Gasteiger partial charge in [0.1, 0.15) is 0 Å². The van der Waals surface area contributed by atoms with E-state index in [1.807, 2.05) is 0 Å². The van der Waals surface area contributed by atoms with Crippen molar-refractivity contribution in [2.75, 3.05) is 0 Å². The number of aliphatic hydroxyl groups is 3. The quantitative estimate of drug-likeness (QED) is 0.152. The molecule has 0 aromatic carbocycles. The molecule has 0 radical (unpaired) electrons. The molecule has 3 unspecified atom stereocenters. The molecule has 3 aliphatic rings. The van der Waals surface area contributed by atoms with E-state index in [9.17, 15) is 28.1 Å². The highest BCUT2D eigenvalue weighted by molar-refractivity contribution is 7.54. The Labute approximate surface area is 278 Å². The van der Waals surface area contributed by atoms with Crippen LogP contribution >= 0.6 is 22.8 Å². The lowest BCUT2D eigenvalue weighted by molar-refractivity contribution is -0.144. The molecule has 0 spiro atoms. The Hall–Kier alpha value is -1.38. The van der Waals surface area contributed by atoms with Crippen molar-refractivity contribution in [3.05, 3.63) is 0 Å². The Morgan fingerprint density at radius 2 is 0.562 bits per heavy atom. The minimum absolute atomic E-state index is 0.536. The van der Waals surface area contributed by atoms with Crippen molar-refractivity contribution >= 4 is 40.7 Å². The molecule has 3 saturated carbocycles. The summed E-state index contributed by atoms with van der Waals surface area (Å²) in [6, 6.07) is 1.61. The normalized spacial score (nSPS) is 19.5. The van der Waals surface area contributed by atoms with E-state index in [1.165, 1.54) is 96.3 Å². The van der Waals surface area contributed by atoms with Crippen molar-refractivity contribution in [3.63, 3.8) is 0 Å². The number of carboxylic acids is 3. The van der Waals surface area contributed by atoms with E-state index < -0.39 is 58.2 Å². The summed E-state index contributed by atoms with van der Waals surface area (Å²) in [5.74, 6) is -13.6. The Morgan fingerprint density at radius 3 is 0.604 bits per heavy atom. The van der Waals surface area contributed by atoms with Crippen molar-refractivity contribution in [2.24, 2.45) is 17.2 Å². The fourth-order valence-electron chi connectivity index (χ4n) is 3.83. The van der Waals surface area contributed by atoms with Gasteiger partial charge in [-0.25, -0.2) is 14.4 Å². The van der Waals surface area contributed by atoms with Gasteiger partial charge in [0.15, 0.2) is 0 Å². The van der Waals surface area contributed by atoms with Gasteiger partial charge in [-0.05, 0) is 38.5 Å². The molecular formula is C24H54N3O18P3. The zero-order valence-corrected chi connectivity index (χ0v) is 29.1. The summed E-state index contributed by atoms with van der Waals surface area (Å²) in [6.07, 6.45) is 20.0. The van der Waals surface area contributed by atoms with Crippen LogP contribution in [0.4, 0.5) is 0 Å². The molecule has 24 heteroatoms. The third-order valence-corrected chi connectivity index (χ3v) is 9.14. The average Bonchev–Trinajstić information content (AvgIpc) is 2.97. The summed E-state index contributed by atoms with van der Waals surface area (Å²) < 4.78 is 29.5. The first kappa shape index (κ1) is 51.0. The number of hydrogen-bond donors (Lipinski definition) is 15. The highest BCUT2D eigenvalue weighted by Crippen LogP contribution is 2.40. The van der Waals surface area contributed by atoms with E-state index >= 15 is 0 Å². The van der Waals surface area contributed by atoms with Gasteiger partial charge in [0.25, 0.3) is 17.5 Å². The van der Waals surface area contributed by atoms with Crippen LogP contribution in [0.1, 0.15) is 96.3 Å². The van der Waals surface area contributed by atoms with E-state index in [-0.39, 0.29) is 0 Å². The molecule has 21 nitrogen and oxygen atoms in total. The van der Waals surface area contributed by atoms with Crippen LogP contribution in [-0.2, 0) is 28.1 Å². The third-order valence-electron chi connectivity index (χ3n) is 6.57. The number of aliphatic hydroxyl groups excluding tert-OH is 3. The second-order valence-corrected chi connectivity index (χ2v) is 16.1. The largest absolute Gasteiger partial charge is 0.479 e. The van der Waals surface area contributed by atoms with Crippen molar-refractivity contribution < 1.29 is 88.1 Å². The van der Waals surface area contributed by atoms with Crippen LogP contribution in [0, 0.1) is 0 Å². The summed E-state index contributed by atoms with van der Waals surface area (Å²) in [6.45, 7) is 0. The number of aliphatic carboxylic acids is 3. The third kappa shape index (κ3) is 30.7. The van der Waals surface area contributed by atoms with Gasteiger partial charge < -0.3 is 77.2 Å². The van der Waals surface area contributed by atoms with Gasteiger partial charge in [0.05, 0.1) is 0 Å². The molecule has 3 aliphatic carbocycles. The molecule has 0 aliphatic heterocycles. The summed E-state index contributed by atoms with van der Waals surface area (Å²) in [5, 5.41) is 47.6. The first-order valence-corrected chi connectivity index (χ1v) is 19.9. The van der Waals surface area contributed by atoms with Crippen molar-refractivity contribution in [2.45, 2.75) is 132 Å². The first-order valence-electron chi connectivity index (χ1n) is 14.9. The zero-order valence-electron chi connectivity index (χ0n) is 26.5.